The largest absolute Gasteiger partial charge is 0.367 e. The first-order valence-electron chi connectivity index (χ1n) is 8.54. The van der Waals surface area contributed by atoms with Crippen LogP contribution in [-0.4, -0.2) is 52.9 Å². The molecule has 1 fully saturated rings. The number of carbonyl (C=O) groups is 1. The molecule has 0 spiro atoms. The van der Waals surface area contributed by atoms with Gasteiger partial charge in [-0.1, -0.05) is 24.3 Å². The topological polar surface area (TPSA) is 39.3 Å². The van der Waals surface area contributed by atoms with E-state index < -0.39 is 0 Å². The molecular formula is C19H23N3O. The Labute approximate surface area is 137 Å². The van der Waals surface area contributed by atoms with Gasteiger partial charge in [-0.15, -0.1) is 0 Å². The van der Waals surface area contributed by atoms with Crippen LogP contribution in [0.4, 0.5) is 0 Å². The first kappa shape index (κ1) is 14.5. The molecule has 1 atom stereocenters. The number of benzene rings is 1. The average Bonchev–Trinajstić information content (AvgIpc) is 3.15. The Hall–Kier alpha value is -2.07. The minimum Gasteiger partial charge on any atom is -0.367 e. The highest BCUT2D eigenvalue weighted by molar-refractivity contribution is 5.94. The zero-order valence-corrected chi connectivity index (χ0v) is 13.4. The monoisotopic (exact) mass is 309 g/mol. The third-order valence-corrected chi connectivity index (χ3v) is 5.28. The van der Waals surface area contributed by atoms with Gasteiger partial charge in [0.05, 0.1) is 5.56 Å². The number of aryl methyl sites for hydroxylation is 1. The standard InChI is InChI=1S/C19H23N3O/c23-19(17-7-8-20-14-17)22-11-9-21(10-12-22)18-6-5-15-3-1-2-4-16(15)13-18/h1-4,7-8,14,18,20H,5-6,9-13H2/t18-/m0/s1. The van der Waals surface area contributed by atoms with Crippen molar-refractivity contribution in [2.45, 2.75) is 25.3 Å². The molecular weight excluding hydrogens is 286 g/mol. The maximum Gasteiger partial charge on any atom is 0.255 e. The molecule has 120 valence electrons. The van der Waals surface area contributed by atoms with Crippen molar-refractivity contribution >= 4 is 5.91 Å². The minimum atomic E-state index is 0.153. The van der Waals surface area contributed by atoms with Crippen molar-refractivity contribution in [3.05, 3.63) is 59.4 Å². The van der Waals surface area contributed by atoms with Crippen molar-refractivity contribution < 1.29 is 4.79 Å². The third-order valence-electron chi connectivity index (χ3n) is 5.28. The van der Waals surface area contributed by atoms with Crippen molar-refractivity contribution in [2.24, 2.45) is 0 Å². The Morgan fingerprint density at radius 2 is 1.83 bits per heavy atom. The summed E-state index contributed by atoms with van der Waals surface area (Å²) in [4.78, 5) is 19.9. The molecule has 0 saturated carbocycles. The molecule has 2 aromatic rings. The van der Waals surface area contributed by atoms with Crippen molar-refractivity contribution in [3.8, 4) is 0 Å². The summed E-state index contributed by atoms with van der Waals surface area (Å²) in [6, 6.07) is 11.3. The van der Waals surface area contributed by atoms with E-state index in [2.05, 4.69) is 34.1 Å². The molecule has 1 aromatic carbocycles. The summed E-state index contributed by atoms with van der Waals surface area (Å²) in [5, 5.41) is 0. The molecule has 1 amide bonds. The van der Waals surface area contributed by atoms with E-state index in [1.165, 1.54) is 24.0 Å². The van der Waals surface area contributed by atoms with Crippen LogP contribution >= 0.6 is 0 Å². The van der Waals surface area contributed by atoms with Gasteiger partial charge in [0.15, 0.2) is 0 Å². The Morgan fingerprint density at radius 3 is 2.57 bits per heavy atom. The Bertz CT molecular complexity index is 672. The van der Waals surface area contributed by atoms with E-state index in [9.17, 15) is 4.79 Å². The molecule has 0 unspecified atom stereocenters. The van der Waals surface area contributed by atoms with Crippen LogP contribution in [-0.2, 0) is 12.8 Å². The second-order valence-electron chi connectivity index (χ2n) is 6.59. The Morgan fingerprint density at radius 1 is 1.04 bits per heavy atom. The highest BCUT2D eigenvalue weighted by Crippen LogP contribution is 2.25. The number of rotatable bonds is 2. The fourth-order valence-corrected chi connectivity index (χ4v) is 3.92. The molecule has 2 heterocycles. The first-order valence-corrected chi connectivity index (χ1v) is 8.54. The van der Waals surface area contributed by atoms with Gasteiger partial charge in [-0.25, -0.2) is 0 Å². The quantitative estimate of drug-likeness (QED) is 0.925. The third kappa shape index (κ3) is 2.91. The van der Waals surface area contributed by atoms with Crippen LogP contribution in [0.25, 0.3) is 0 Å². The van der Waals surface area contributed by atoms with Gasteiger partial charge < -0.3 is 9.88 Å². The summed E-state index contributed by atoms with van der Waals surface area (Å²) in [5.74, 6) is 0.153. The van der Waals surface area contributed by atoms with Crippen LogP contribution in [0.2, 0.25) is 0 Å². The number of aromatic nitrogens is 1. The van der Waals surface area contributed by atoms with Gasteiger partial charge >= 0.3 is 0 Å². The summed E-state index contributed by atoms with van der Waals surface area (Å²) in [6.45, 7) is 3.65. The van der Waals surface area contributed by atoms with Crippen LogP contribution in [0.5, 0.6) is 0 Å². The lowest BCUT2D eigenvalue weighted by Crippen LogP contribution is -2.53. The minimum absolute atomic E-state index is 0.153. The summed E-state index contributed by atoms with van der Waals surface area (Å²) in [5.41, 5.74) is 3.80. The van der Waals surface area contributed by atoms with E-state index in [0.29, 0.717) is 6.04 Å². The second kappa shape index (κ2) is 6.20. The van der Waals surface area contributed by atoms with Crippen LogP contribution in [0.15, 0.2) is 42.7 Å². The van der Waals surface area contributed by atoms with E-state index >= 15 is 0 Å². The Kier molecular flexibility index (Phi) is 3.92. The molecule has 23 heavy (non-hydrogen) atoms. The number of H-pyrrole nitrogens is 1. The van der Waals surface area contributed by atoms with Gasteiger partial charge in [-0.2, -0.15) is 0 Å². The fraction of sp³-hybridized carbons (Fsp3) is 0.421. The number of piperazine rings is 1. The molecule has 4 nitrogen and oxygen atoms in total. The molecule has 1 aromatic heterocycles. The van der Waals surface area contributed by atoms with Crippen molar-refractivity contribution in [2.75, 3.05) is 26.2 Å². The second-order valence-corrected chi connectivity index (χ2v) is 6.59. The van der Waals surface area contributed by atoms with Gasteiger partial charge in [0.2, 0.25) is 0 Å². The predicted octanol–water partition coefficient (Wildman–Crippen LogP) is 2.33. The molecule has 1 N–H and O–H groups in total. The summed E-state index contributed by atoms with van der Waals surface area (Å²) < 4.78 is 0. The van der Waals surface area contributed by atoms with E-state index in [4.69, 9.17) is 0 Å². The molecule has 1 aliphatic carbocycles. The van der Waals surface area contributed by atoms with E-state index in [-0.39, 0.29) is 5.91 Å². The van der Waals surface area contributed by atoms with Crippen molar-refractivity contribution in [3.63, 3.8) is 0 Å². The molecule has 1 saturated heterocycles. The van der Waals surface area contributed by atoms with Gasteiger partial charge in [-0.3, -0.25) is 9.69 Å². The highest BCUT2D eigenvalue weighted by atomic mass is 16.2. The lowest BCUT2D eigenvalue weighted by Gasteiger charge is -2.41. The molecule has 2 aliphatic rings. The van der Waals surface area contributed by atoms with E-state index in [1.54, 1.807) is 6.20 Å². The Balaban J connectivity index is 1.36. The lowest BCUT2D eigenvalue weighted by molar-refractivity contribution is 0.0553. The fourth-order valence-electron chi connectivity index (χ4n) is 3.92. The van der Waals surface area contributed by atoms with Gasteiger partial charge in [0.1, 0.15) is 0 Å². The van der Waals surface area contributed by atoms with Gasteiger partial charge in [0.25, 0.3) is 5.91 Å². The van der Waals surface area contributed by atoms with E-state index in [1.807, 2.05) is 17.2 Å². The normalized spacial score (nSPS) is 21.9. The maximum absolute atomic E-state index is 12.4. The molecule has 4 heteroatoms. The van der Waals surface area contributed by atoms with Crippen molar-refractivity contribution in [1.29, 1.82) is 0 Å². The van der Waals surface area contributed by atoms with Gasteiger partial charge in [-0.05, 0) is 36.5 Å². The number of hydrogen-bond acceptors (Lipinski definition) is 2. The smallest absolute Gasteiger partial charge is 0.255 e. The lowest BCUT2D eigenvalue weighted by atomic mass is 9.87. The van der Waals surface area contributed by atoms with Crippen LogP contribution < -0.4 is 0 Å². The zero-order chi connectivity index (χ0) is 15.6. The summed E-state index contributed by atoms with van der Waals surface area (Å²) in [7, 11) is 0. The molecule has 0 bridgehead atoms. The maximum atomic E-state index is 12.4. The van der Waals surface area contributed by atoms with E-state index in [0.717, 1.165) is 38.2 Å². The number of nitrogens with one attached hydrogen (secondary N) is 1. The molecule has 0 radical (unpaired) electrons. The summed E-state index contributed by atoms with van der Waals surface area (Å²) >= 11 is 0. The zero-order valence-electron chi connectivity index (χ0n) is 13.4. The number of aromatic amines is 1. The highest BCUT2D eigenvalue weighted by Gasteiger charge is 2.28. The van der Waals surface area contributed by atoms with Crippen LogP contribution in [0.3, 0.4) is 0 Å². The number of nitrogens with zero attached hydrogens (tertiary/aromatic N) is 2. The van der Waals surface area contributed by atoms with Crippen molar-refractivity contribution in [1.82, 2.24) is 14.8 Å². The number of carbonyl (C=O) groups excluding carboxylic acids is 1. The van der Waals surface area contributed by atoms with Gasteiger partial charge in [0, 0.05) is 44.6 Å². The van der Waals surface area contributed by atoms with Crippen LogP contribution in [0, 0.1) is 0 Å². The predicted molar refractivity (Wildman–Crippen MR) is 90.5 cm³/mol. The number of hydrogen-bond donors (Lipinski definition) is 1. The van der Waals surface area contributed by atoms with Crippen LogP contribution in [0.1, 0.15) is 27.9 Å². The number of fused-ring (bicyclic) bond motifs is 1. The molecule has 1 aliphatic heterocycles. The number of amides is 1. The molecule has 4 rings (SSSR count). The average molecular weight is 309 g/mol. The first-order chi connectivity index (χ1) is 11.3. The SMILES string of the molecule is O=C(c1cc[nH]c1)N1CCN([C@H]2CCc3ccccc3C2)CC1. The summed E-state index contributed by atoms with van der Waals surface area (Å²) in [6.07, 6.45) is 7.17.